The summed E-state index contributed by atoms with van der Waals surface area (Å²) in [6.07, 6.45) is 3.97. The topological polar surface area (TPSA) is 61.5 Å². The fraction of sp³-hybridized carbons (Fsp3) is 0.462. The third-order valence-electron chi connectivity index (χ3n) is 6.59. The number of pyridine rings is 1. The van der Waals surface area contributed by atoms with Gasteiger partial charge in [0, 0.05) is 42.8 Å². The molecule has 0 saturated carbocycles. The lowest BCUT2D eigenvalue weighted by molar-refractivity contribution is -0.130. The Morgan fingerprint density at radius 3 is 2.62 bits per heavy atom. The SMILES string of the molecule is COc1cc(-c2[nH]c3ccc(C4CCN(CC(=O)N(C)C)CC4)cc3c2C(C)C)ccn1. The molecule has 1 aliphatic rings. The Hall–Kier alpha value is -2.86. The van der Waals surface area contributed by atoms with Gasteiger partial charge in [0.25, 0.3) is 0 Å². The van der Waals surface area contributed by atoms with Crippen LogP contribution in [0.25, 0.3) is 22.2 Å². The van der Waals surface area contributed by atoms with Gasteiger partial charge in [-0.15, -0.1) is 0 Å². The second-order valence-corrected chi connectivity index (χ2v) is 9.30. The molecule has 0 spiro atoms. The minimum atomic E-state index is 0.180. The van der Waals surface area contributed by atoms with Gasteiger partial charge in [0.2, 0.25) is 11.8 Å². The predicted octanol–water partition coefficient (Wildman–Crippen LogP) is 4.63. The third kappa shape index (κ3) is 4.51. The number of methoxy groups -OCH3 is 1. The Morgan fingerprint density at radius 2 is 1.97 bits per heavy atom. The molecule has 4 rings (SSSR count). The summed E-state index contributed by atoms with van der Waals surface area (Å²) in [5.41, 5.74) is 6.14. The van der Waals surface area contributed by atoms with Gasteiger partial charge >= 0.3 is 0 Å². The molecule has 1 saturated heterocycles. The van der Waals surface area contributed by atoms with Gasteiger partial charge in [0.1, 0.15) is 0 Å². The number of carbonyl (C=O) groups is 1. The third-order valence-corrected chi connectivity index (χ3v) is 6.59. The molecule has 0 aliphatic carbocycles. The van der Waals surface area contributed by atoms with E-state index in [1.165, 1.54) is 16.5 Å². The summed E-state index contributed by atoms with van der Waals surface area (Å²) in [4.78, 5) is 23.9. The van der Waals surface area contributed by atoms with Gasteiger partial charge in [-0.25, -0.2) is 4.98 Å². The van der Waals surface area contributed by atoms with Crippen LogP contribution in [-0.4, -0.2) is 66.5 Å². The molecule has 2 aromatic heterocycles. The van der Waals surface area contributed by atoms with Gasteiger partial charge in [-0.2, -0.15) is 0 Å². The number of likely N-dealkylation sites (N-methyl/N-ethyl adjacent to an activating group) is 1. The van der Waals surface area contributed by atoms with Crippen molar-refractivity contribution >= 4 is 16.8 Å². The lowest BCUT2D eigenvalue weighted by Crippen LogP contribution is -2.40. The highest BCUT2D eigenvalue weighted by Gasteiger charge is 2.24. The first-order chi connectivity index (χ1) is 15.4. The van der Waals surface area contributed by atoms with Crippen LogP contribution in [0, 0.1) is 0 Å². The molecule has 32 heavy (non-hydrogen) atoms. The maximum absolute atomic E-state index is 12.0. The van der Waals surface area contributed by atoms with Crippen molar-refractivity contribution in [2.75, 3.05) is 40.8 Å². The van der Waals surface area contributed by atoms with Gasteiger partial charge in [-0.3, -0.25) is 9.69 Å². The zero-order valence-electron chi connectivity index (χ0n) is 19.8. The van der Waals surface area contributed by atoms with Crippen LogP contribution in [0.4, 0.5) is 0 Å². The summed E-state index contributed by atoms with van der Waals surface area (Å²) in [6.45, 7) is 6.95. The molecule has 1 N–H and O–H groups in total. The van der Waals surface area contributed by atoms with E-state index in [-0.39, 0.29) is 5.91 Å². The fourth-order valence-corrected chi connectivity index (χ4v) is 4.75. The number of aromatic nitrogens is 2. The van der Waals surface area contributed by atoms with Crippen LogP contribution in [0.2, 0.25) is 0 Å². The van der Waals surface area contributed by atoms with Gasteiger partial charge in [0.15, 0.2) is 0 Å². The molecule has 0 radical (unpaired) electrons. The molecule has 170 valence electrons. The standard InChI is InChI=1S/C26H34N4O2/c1-17(2)25-21-14-19(18-9-12-30(13-10-18)16-24(31)29(3)4)6-7-22(21)28-26(25)20-8-11-27-23(15-20)32-5/h6-8,11,14-15,17-18,28H,9-10,12-13,16H2,1-5H3. The average molecular weight is 435 g/mol. The number of H-pyrrole nitrogens is 1. The monoisotopic (exact) mass is 434 g/mol. The quantitative estimate of drug-likeness (QED) is 0.614. The summed E-state index contributed by atoms with van der Waals surface area (Å²) in [5.74, 6) is 1.71. The average Bonchev–Trinajstić information content (AvgIpc) is 3.18. The van der Waals surface area contributed by atoms with Crippen LogP contribution in [0.5, 0.6) is 5.88 Å². The fourth-order valence-electron chi connectivity index (χ4n) is 4.75. The molecule has 0 unspecified atom stereocenters. The van der Waals surface area contributed by atoms with Gasteiger partial charge < -0.3 is 14.6 Å². The number of piperidine rings is 1. The molecule has 0 atom stereocenters. The first kappa shape index (κ1) is 22.3. The van der Waals surface area contributed by atoms with E-state index >= 15 is 0 Å². The molecule has 0 bridgehead atoms. The lowest BCUT2D eigenvalue weighted by Gasteiger charge is -2.32. The molecular weight excluding hydrogens is 400 g/mol. The van der Waals surface area contributed by atoms with Crippen LogP contribution in [0.3, 0.4) is 0 Å². The van der Waals surface area contributed by atoms with Crippen molar-refractivity contribution in [2.24, 2.45) is 0 Å². The summed E-state index contributed by atoms with van der Waals surface area (Å²) < 4.78 is 5.34. The lowest BCUT2D eigenvalue weighted by atomic mass is 9.87. The van der Waals surface area contributed by atoms with Gasteiger partial charge in [-0.1, -0.05) is 19.9 Å². The maximum atomic E-state index is 12.0. The van der Waals surface area contributed by atoms with E-state index in [0.717, 1.165) is 42.7 Å². The molecule has 6 nitrogen and oxygen atoms in total. The highest BCUT2D eigenvalue weighted by atomic mass is 16.5. The van der Waals surface area contributed by atoms with Crippen molar-refractivity contribution in [3.05, 3.63) is 47.7 Å². The number of nitrogens with one attached hydrogen (secondary N) is 1. The highest BCUT2D eigenvalue weighted by molar-refractivity contribution is 5.92. The summed E-state index contributed by atoms with van der Waals surface area (Å²) in [5, 5.41) is 1.30. The van der Waals surface area contributed by atoms with Crippen LogP contribution in [0.1, 0.15) is 49.7 Å². The number of hydrogen-bond acceptors (Lipinski definition) is 4. The number of carbonyl (C=O) groups excluding carboxylic acids is 1. The number of aromatic amines is 1. The largest absolute Gasteiger partial charge is 0.481 e. The normalized spacial score (nSPS) is 15.4. The number of likely N-dealkylation sites (tertiary alicyclic amines) is 1. The Labute approximate surface area is 190 Å². The number of benzene rings is 1. The van der Waals surface area contributed by atoms with Crippen molar-refractivity contribution < 1.29 is 9.53 Å². The smallest absolute Gasteiger partial charge is 0.236 e. The Bertz CT molecular complexity index is 1090. The van der Waals surface area contributed by atoms with Crippen molar-refractivity contribution in [2.45, 2.75) is 38.5 Å². The molecule has 1 aliphatic heterocycles. The zero-order valence-corrected chi connectivity index (χ0v) is 19.8. The molecule has 3 heterocycles. The number of amides is 1. The van der Waals surface area contributed by atoms with Crippen molar-refractivity contribution in [1.29, 1.82) is 0 Å². The minimum absolute atomic E-state index is 0.180. The summed E-state index contributed by atoms with van der Waals surface area (Å²) in [6, 6.07) is 10.9. The molecule has 6 heteroatoms. The molecule has 1 amide bonds. The van der Waals surface area contributed by atoms with Crippen molar-refractivity contribution in [3.8, 4) is 17.1 Å². The van der Waals surface area contributed by atoms with Crippen LogP contribution < -0.4 is 4.74 Å². The Morgan fingerprint density at radius 1 is 1.22 bits per heavy atom. The first-order valence-electron chi connectivity index (χ1n) is 11.5. The molecule has 1 aromatic carbocycles. The number of hydrogen-bond donors (Lipinski definition) is 1. The Balaban J connectivity index is 1.60. The summed E-state index contributed by atoms with van der Waals surface area (Å²) >= 11 is 0. The van der Waals surface area contributed by atoms with E-state index < -0.39 is 0 Å². The second kappa shape index (κ2) is 9.33. The highest BCUT2D eigenvalue weighted by Crippen LogP contribution is 2.38. The molecule has 3 aromatic rings. The predicted molar refractivity (Wildman–Crippen MR) is 129 cm³/mol. The number of nitrogens with zero attached hydrogens (tertiary/aromatic N) is 3. The van der Waals surface area contributed by atoms with E-state index in [1.54, 1.807) is 18.2 Å². The minimum Gasteiger partial charge on any atom is -0.481 e. The summed E-state index contributed by atoms with van der Waals surface area (Å²) in [7, 11) is 5.29. The number of ether oxygens (including phenoxy) is 1. The van der Waals surface area contributed by atoms with E-state index in [2.05, 4.69) is 46.9 Å². The maximum Gasteiger partial charge on any atom is 0.236 e. The second-order valence-electron chi connectivity index (χ2n) is 9.30. The van der Waals surface area contributed by atoms with Crippen LogP contribution in [-0.2, 0) is 4.79 Å². The van der Waals surface area contributed by atoms with Crippen LogP contribution >= 0.6 is 0 Å². The van der Waals surface area contributed by atoms with Crippen LogP contribution in [0.15, 0.2) is 36.5 Å². The van der Waals surface area contributed by atoms with Gasteiger partial charge in [0.05, 0.1) is 19.3 Å². The van der Waals surface area contributed by atoms with E-state index in [9.17, 15) is 4.79 Å². The zero-order chi connectivity index (χ0) is 22.8. The molecular formula is C26H34N4O2. The number of rotatable bonds is 6. The molecule has 1 fully saturated rings. The number of fused-ring (bicyclic) bond motifs is 1. The van der Waals surface area contributed by atoms with Crippen molar-refractivity contribution in [1.82, 2.24) is 19.8 Å². The van der Waals surface area contributed by atoms with Gasteiger partial charge in [-0.05, 0) is 67.1 Å². The van der Waals surface area contributed by atoms with E-state index in [0.29, 0.717) is 24.3 Å². The Kier molecular flexibility index (Phi) is 6.51. The first-order valence-corrected chi connectivity index (χ1v) is 11.5. The van der Waals surface area contributed by atoms with Crippen molar-refractivity contribution in [3.63, 3.8) is 0 Å². The van der Waals surface area contributed by atoms with E-state index in [1.807, 2.05) is 26.2 Å². The van der Waals surface area contributed by atoms with E-state index in [4.69, 9.17) is 4.74 Å².